The lowest BCUT2D eigenvalue weighted by Crippen LogP contribution is -2.50. The van der Waals surface area contributed by atoms with Crippen molar-refractivity contribution in [2.24, 2.45) is 0 Å². The summed E-state index contributed by atoms with van der Waals surface area (Å²) in [7, 11) is 3.78. The Bertz CT molecular complexity index is 800. The number of halogens is 3. The quantitative estimate of drug-likeness (QED) is 0.816. The Morgan fingerprint density at radius 1 is 1.22 bits per heavy atom. The van der Waals surface area contributed by atoms with Crippen LogP contribution in [0.25, 0.3) is 10.2 Å². The minimum absolute atomic E-state index is 0.310. The van der Waals surface area contributed by atoms with Gasteiger partial charge in [0.15, 0.2) is 5.13 Å². The fourth-order valence-corrected chi connectivity index (χ4v) is 3.20. The molecule has 1 aromatic heterocycles. The maximum absolute atomic E-state index is 12.7. The first kappa shape index (κ1) is 21.2. The molecule has 0 unspecified atom stereocenters. The molecule has 1 heterocycles. The van der Waals surface area contributed by atoms with E-state index < -0.39 is 11.9 Å². The molecule has 0 fully saturated rings. The van der Waals surface area contributed by atoms with E-state index in [0.717, 1.165) is 11.3 Å². The van der Waals surface area contributed by atoms with Gasteiger partial charge in [-0.2, -0.15) is 0 Å². The fourth-order valence-electron chi connectivity index (χ4n) is 2.18. The highest BCUT2D eigenvalue weighted by atomic mass is 32.1. The summed E-state index contributed by atoms with van der Waals surface area (Å²) in [5.41, 5.74) is 0.0700. The summed E-state index contributed by atoms with van der Waals surface area (Å²) in [6, 6.07) is 3.62. The van der Waals surface area contributed by atoms with E-state index in [4.69, 9.17) is 0 Å². The Morgan fingerprint density at radius 3 is 2.44 bits per heavy atom. The number of nitrogens with zero attached hydrogens (tertiary/aromatic N) is 3. The number of carbonyl (C=O) groups is 1. The number of benzene rings is 1. The van der Waals surface area contributed by atoms with Gasteiger partial charge in [-0.25, -0.2) is 9.78 Å². The van der Waals surface area contributed by atoms with Gasteiger partial charge in [0.25, 0.3) is 0 Å². The zero-order valence-electron chi connectivity index (χ0n) is 15.8. The second-order valence-corrected chi connectivity index (χ2v) is 8.32. The Balaban J connectivity index is 2.33. The summed E-state index contributed by atoms with van der Waals surface area (Å²) in [6.45, 7) is 6.60. The van der Waals surface area contributed by atoms with Crippen LogP contribution in [-0.2, 0) is 0 Å². The molecule has 6 nitrogen and oxygen atoms in total. The van der Waals surface area contributed by atoms with Crippen molar-refractivity contribution in [2.75, 3.05) is 32.1 Å². The number of fused-ring (bicyclic) bond motifs is 1. The number of carbonyl (C=O) groups excluding carboxylic acids is 1. The van der Waals surface area contributed by atoms with Crippen LogP contribution in [0.3, 0.4) is 0 Å². The van der Waals surface area contributed by atoms with Gasteiger partial charge in [-0.1, -0.05) is 11.3 Å². The van der Waals surface area contributed by atoms with E-state index in [2.05, 4.69) is 15.0 Å². The highest BCUT2D eigenvalue weighted by Crippen LogP contribution is 2.33. The average Bonchev–Trinajstić information content (AvgIpc) is 2.86. The van der Waals surface area contributed by atoms with Gasteiger partial charge in [0, 0.05) is 24.7 Å². The van der Waals surface area contributed by atoms with Gasteiger partial charge in [0.05, 0.1) is 10.2 Å². The summed E-state index contributed by atoms with van der Waals surface area (Å²) < 4.78 is 41.7. The molecule has 0 bridgehead atoms. The van der Waals surface area contributed by atoms with Crippen molar-refractivity contribution in [2.45, 2.75) is 32.7 Å². The Kier molecular flexibility index (Phi) is 6.21. The van der Waals surface area contributed by atoms with Gasteiger partial charge in [-0.3, -0.25) is 4.90 Å². The molecule has 0 atom stereocenters. The van der Waals surface area contributed by atoms with Gasteiger partial charge in [-0.15, -0.1) is 13.2 Å². The molecule has 150 valence electrons. The molecule has 0 saturated carbocycles. The number of anilines is 1. The lowest BCUT2D eigenvalue weighted by molar-refractivity contribution is -0.274. The van der Waals surface area contributed by atoms with Crippen molar-refractivity contribution in [3.05, 3.63) is 18.2 Å². The number of nitrogens with one attached hydrogen (secondary N) is 1. The van der Waals surface area contributed by atoms with Crippen molar-refractivity contribution in [1.82, 2.24) is 15.2 Å². The Hall–Kier alpha value is -2.07. The maximum atomic E-state index is 12.7. The molecular formula is C17H23F3N4O2S. The third kappa shape index (κ3) is 6.55. The predicted octanol–water partition coefficient (Wildman–Crippen LogP) is 4.07. The van der Waals surface area contributed by atoms with Crippen molar-refractivity contribution < 1.29 is 22.7 Å². The summed E-state index contributed by atoms with van der Waals surface area (Å²) in [6.07, 6.45) is -4.76. The van der Waals surface area contributed by atoms with E-state index in [1.54, 1.807) is 0 Å². The minimum atomic E-state index is -4.76. The third-order valence-corrected chi connectivity index (χ3v) is 4.35. The van der Waals surface area contributed by atoms with Gasteiger partial charge in [0.1, 0.15) is 5.75 Å². The molecular weight excluding hydrogens is 381 g/mol. The molecule has 1 aromatic carbocycles. The Morgan fingerprint density at radius 2 is 1.89 bits per heavy atom. The zero-order chi connectivity index (χ0) is 20.4. The van der Waals surface area contributed by atoms with E-state index in [9.17, 15) is 18.0 Å². The standard InChI is InChI=1S/C17H23F3N4O2S/c1-16(2,3)22-14(25)24(9-8-23(4)5)15-21-12-7-6-11(10-13(12)27-15)26-17(18,19)20/h6-7,10H,8-9H2,1-5H3,(H,22,25). The zero-order valence-corrected chi connectivity index (χ0v) is 16.7. The summed E-state index contributed by atoms with van der Waals surface area (Å²) >= 11 is 1.14. The van der Waals surface area contributed by atoms with Crippen molar-refractivity contribution >= 4 is 32.7 Å². The van der Waals surface area contributed by atoms with Crippen LogP contribution in [0.1, 0.15) is 20.8 Å². The van der Waals surface area contributed by atoms with Crippen LogP contribution < -0.4 is 15.0 Å². The number of amides is 2. The average molecular weight is 404 g/mol. The number of urea groups is 1. The van der Waals surface area contributed by atoms with E-state index in [1.165, 1.54) is 23.1 Å². The van der Waals surface area contributed by atoms with Crippen LogP contribution >= 0.6 is 11.3 Å². The van der Waals surface area contributed by atoms with Crippen molar-refractivity contribution in [3.63, 3.8) is 0 Å². The third-order valence-electron chi connectivity index (χ3n) is 3.31. The highest BCUT2D eigenvalue weighted by Gasteiger charge is 2.31. The molecule has 0 aliphatic carbocycles. The normalized spacial score (nSPS) is 12.5. The van der Waals surface area contributed by atoms with Gasteiger partial charge >= 0.3 is 12.4 Å². The molecule has 0 saturated heterocycles. The van der Waals surface area contributed by atoms with Gasteiger partial charge in [0.2, 0.25) is 0 Å². The minimum Gasteiger partial charge on any atom is -0.406 e. The number of hydrogen-bond acceptors (Lipinski definition) is 5. The van der Waals surface area contributed by atoms with E-state index in [1.807, 2.05) is 39.8 Å². The maximum Gasteiger partial charge on any atom is 0.573 e. The lowest BCUT2D eigenvalue weighted by Gasteiger charge is -2.27. The molecule has 0 radical (unpaired) electrons. The molecule has 10 heteroatoms. The van der Waals surface area contributed by atoms with Gasteiger partial charge < -0.3 is 15.0 Å². The van der Waals surface area contributed by atoms with Crippen molar-refractivity contribution in [3.8, 4) is 5.75 Å². The summed E-state index contributed by atoms with van der Waals surface area (Å²) in [4.78, 5) is 20.5. The van der Waals surface area contributed by atoms with E-state index in [-0.39, 0.29) is 11.8 Å². The Labute approximate surface area is 159 Å². The van der Waals surface area contributed by atoms with Crippen LogP contribution in [0.2, 0.25) is 0 Å². The lowest BCUT2D eigenvalue weighted by atomic mass is 10.1. The first-order valence-corrected chi connectivity index (χ1v) is 9.06. The van der Waals surface area contributed by atoms with Crippen LogP contribution in [0.5, 0.6) is 5.75 Å². The van der Waals surface area contributed by atoms with Crippen LogP contribution in [0, 0.1) is 0 Å². The first-order valence-electron chi connectivity index (χ1n) is 8.25. The van der Waals surface area contributed by atoms with Crippen molar-refractivity contribution in [1.29, 1.82) is 0 Å². The SMILES string of the molecule is CN(C)CCN(C(=O)NC(C)(C)C)c1nc2ccc(OC(F)(F)F)cc2s1. The second-order valence-electron chi connectivity index (χ2n) is 7.31. The van der Waals surface area contributed by atoms with Crippen LogP contribution in [-0.4, -0.2) is 55.0 Å². The monoisotopic (exact) mass is 404 g/mol. The number of aromatic nitrogens is 1. The number of thiazole rings is 1. The highest BCUT2D eigenvalue weighted by molar-refractivity contribution is 7.22. The van der Waals surface area contributed by atoms with E-state index in [0.29, 0.717) is 28.4 Å². The number of hydrogen-bond donors (Lipinski definition) is 1. The summed E-state index contributed by atoms with van der Waals surface area (Å²) in [5, 5.41) is 3.30. The molecule has 2 amide bonds. The van der Waals surface area contributed by atoms with Crippen LogP contribution in [0.4, 0.5) is 23.1 Å². The molecule has 2 rings (SSSR count). The first-order chi connectivity index (χ1) is 12.3. The molecule has 1 N–H and O–H groups in total. The summed E-state index contributed by atoms with van der Waals surface area (Å²) in [5.74, 6) is -0.316. The molecule has 0 spiro atoms. The number of ether oxygens (including phenoxy) is 1. The number of rotatable bonds is 5. The molecule has 27 heavy (non-hydrogen) atoms. The van der Waals surface area contributed by atoms with Crippen LogP contribution in [0.15, 0.2) is 18.2 Å². The largest absolute Gasteiger partial charge is 0.573 e. The van der Waals surface area contributed by atoms with E-state index >= 15 is 0 Å². The topological polar surface area (TPSA) is 57.7 Å². The molecule has 0 aliphatic heterocycles. The number of alkyl halides is 3. The smallest absolute Gasteiger partial charge is 0.406 e. The fraction of sp³-hybridized carbons (Fsp3) is 0.529. The predicted molar refractivity (Wildman–Crippen MR) is 100 cm³/mol. The number of likely N-dealkylation sites (N-methyl/N-ethyl adjacent to an activating group) is 1. The second kappa shape index (κ2) is 7.89. The van der Waals surface area contributed by atoms with Gasteiger partial charge in [-0.05, 0) is 47.0 Å². The molecule has 2 aromatic rings. The molecule has 0 aliphatic rings.